The Morgan fingerprint density at radius 3 is 2.84 bits per heavy atom. The van der Waals surface area contributed by atoms with Crippen molar-refractivity contribution in [1.29, 1.82) is 0 Å². The molecule has 98 valence electrons. The van der Waals surface area contributed by atoms with E-state index in [1.807, 2.05) is 13.8 Å². The van der Waals surface area contributed by atoms with Gasteiger partial charge in [-0.05, 0) is 25.4 Å². The lowest BCUT2D eigenvalue weighted by molar-refractivity contribution is 1.02. The summed E-state index contributed by atoms with van der Waals surface area (Å²) < 4.78 is 0. The molecule has 0 aliphatic heterocycles. The van der Waals surface area contributed by atoms with Crippen molar-refractivity contribution in [2.75, 3.05) is 5.32 Å². The maximum Gasteiger partial charge on any atom is 0.226 e. The molecule has 3 N–H and O–H groups in total. The van der Waals surface area contributed by atoms with Gasteiger partial charge in [-0.1, -0.05) is 0 Å². The molecule has 3 heterocycles. The van der Waals surface area contributed by atoms with E-state index in [9.17, 15) is 0 Å². The number of aromatic amines is 2. The second kappa shape index (κ2) is 4.51. The minimum atomic E-state index is 0.164. The maximum atomic E-state index is 5.86. The fraction of sp³-hybridized carbons (Fsp3) is 0.273. The van der Waals surface area contributed by atoms with E-state index in [2.05, 4.69) is 35.2 Å². The van der Waals surface area contributed by atoms with E-state index in [4.69, 9.17) is 11.6 Å². The number of nitrogens with one attached hydrogen (secondary N) is 3. The third-order valence-corrected chi connectivity index (χ3v) is 2.95. The Hall–Kier alpha value is -2.15. The summed E-state index contributed by atoms with van der Waals surface area (Å²) in [5, 5.41) is 3.36. The summed E-state index contributed by atoms with van der Waals surface area (Å²) in [5.74, 6) is 1.51. The van der Waals surface area contributed by atoms with Gasteiger partial charge in [-0.3, -0.25) is 0 Å². The summed E-state index contributed by atoms with van der Waals surface area (Å²) in [6, 6.07) is 0. The Morgan fingerprint density at radius 1 is 1.26 bits per heavy atom. The molecule has 0 atom stereocenters. The first-order valence-electron chi connectivity index (χ1n) is 5.76. The lowest BCUT2D eigenvalue weighted by Crippen LogP contribution is -2.04. The number of anilines is 1. The Morgan fingerprint density at radius 2 is 2.11 bits per heavy atom. The Bertz CT molecular complexity index is 730. The summed E-state index contributed by atoms with van der Waals surface area (Å²) in [5.41, 5.74) is 3.25. The van der Waals surface area contributed by atoms with Gasteiger partial charge in [-0.25, -0.2) is 9.97 Å². The first-order valence-corrected chi connectivity index (χ1v) is 6.14. The van der Waals surface area contributed by atoms with Crippen LogP contribution in [0.2, 0.25) is 5.28 Å². The van der Waals surface area contributed by atoms with Crippen LogP contribution in [0.5, 0.6) is 0 Å². The van der Waals surface area contributed by atoms with Crippen molar-refractivity contribution in [3.8, 4) is 0 Å². The smallest absolute Gasteiger partial charge is 0.226 e. The van der Waals surface area contributed by atoms with Crippen LogP contribution in [0.15, 0.2) is 6.33 Å². The number of hydrogen-bond acceptors (Lipinski definition) is 5. The van der Waals surface area contributed by atoms with Crippen molar-refractivity contribution in [1.82, 2.24) is 29.9 Å². The zero-order valence-electron chi connectivity index (χ0n) is 10.5. The third kappa shape index (κ3) is 2.24. The van der Waals surface area contributed by atoms with Gasteiger partial charge in [0.1, 0.15) is 11.3 Å². The van der Waals surface area contributed by atoms with Gasteiger partial charge in [-0.15, -0.1) is 0 Å². The van der Waals surface area contributed by atoms with Crippen LogP contribution in [-0.2, 0) is 6.54 Å². The molecule has 7 nitrogen and oxygen atoms in total. The molecule has 0 aromatic carbocycles. The van der Waals surface area contributed by atoms with Gasteiger partial charge in [-0.2, -0.15) is 9.97 Å². The molecule has 0 unspecified atom stereocenters. The number of fused-ring (bicyclic) bond motifs is 1. The molecule has 0 saturated heterocycles. The number of aryl methyl sites for hydroxylation is 2. The molecular weight excluding hydrogens is 266 g/mol. The molecule has 0 fully saturated rings. The van der Waals surface area contributed by atoms with Crippen LogP contribution in [0.4, 0.5) is 5.82 Å². The fourth-order valence-electron chi connectivity index (χ4n) is 1.93. The second-order valence-corrected chi connectivity index (χ2v) is 4.53. The van der Waals surface area contributed by atoms with Crippen LogP contribution in [-0.4, -0.2) is 29.9 Å². The minimum absolute atomic E-state index is 0.164. The highest BCUT2D eigenvalue weighted by atomic mass is 35.5. The Labute approximate surface area is 113 Å². The van der Waals surface area contributed by atoms with Crippen molar-refractivity contribution in [2.45, 2.75) is 20.4 Å². The standard InChI is InChI=1S/C11H12ClN7/c1-5-7(17-6(2)16-5)3-13-9-8-10(15-4-14-8)19-11(12)18-9/h4H,3H2,1-2H3,(H,16,17)(H2,13,14,15,18,19). The van der Waals surface area contributed by atoms with Crippen LogP contribution < -0.4 is 5.32 Å². The summed E-state index contributed by atoms with van der Waals surface area (Å²) in [4.78, 5) is 22.8. The summed E-state index contributed by atoms with van der Waals surface area (Å²) >= 11 is 5.86. The van der Waals surface area contributed by atoms with E-state index in [0.717, 1.165) is 22.7 Å². The topological polar surface area (TPSA) is 95.2 Å². The molecule has 0 aliphatic rings. The van der Waals surface area contributed by atoms with Crippen molar-refractivity contribution in [3.63, 3.8) is 0 Å². The summed E-state index contributed by atoms with van der Waals surface area (Å²) in [7, 11) is 0. The molecule has 3 aromatic rings. The first kappa shape index (κ1) is 11.9. The second-order valence-electron chi connectivity index (χ2n) is 4.19. The van der Waals surface area contributed by atoms with Gasteiger partial charge in [0.2, 0.25) is 5.28 Å². The Kier molecular flexibility index (Phi) is 2.83. The minimum Gasteiger partial charge on any atom is -0.362 e. The van der Waals surface area contributed by atoms with Gasteiger partial charge in [0, 0.05) is 5.69 Å². The molecule has 0 aliphatic carbocycles. The largest absolute Gasteiger partial charge is 0.362 e. The summed E-state index contributed by atoms with van der Waals surface area (Å²) in [6.45, 7) is 4.46. The lowest BCUT2D eigenvalue weighted by atomic mass is 10.3. The van der Waals surface area contributed by atoms with E-state index in [1.165, 1.54) is 0 Å². The van der Waals surface area contributed by atoms with E-state index < -0.39 is 0 Å². The van der Waals surface area contributed by atoms with Crippen LogP contribution >= 0.6 is 11.6 Å². The molecule has 8 heteroatoms. The van der Waals surface area contributed by atoms with Crippen LogP contribution in [0.25, 0.3) is 11.2 Å². The SMILES string of the molecule is Cc1nc(CNc2nc(Cl)nc3nc[nH]c23)c(C)[nH]1. The van der Waals surface area contributed by atoms with E-state index in [-0.39, 0.29) is 5.28 Å². The number of aromatic nitrogens is 6. The molecule has 0 amide bonds. The van der Waals surface area contributed by atoms with Crippen molar-refractivity contribution < 1.29 is 0 Å². The Balaban J connectivity index is 1.89. The zero-order valence-corrected chi connectivity index (χ0v) is 11.2. The monoisotopic (exact) mass is 277 g/mol. The van der Waals surface area contributed by atoms with Gasteiger partial charge in [0.15, 0.2) is 11.5 Å². The number of H-pyrrole nitrogens is 2. The average molecular weight is 278 g/mol. The maximum absolute atomic E-state index is 5.86. The number of hydrogen-bond donors (Lipinski definition) is 3. The molecule has 0 radical (unpaired) electrons. The van der Waals surface area contributed by atoms with Gasteiger partial charge < -0.3 is 15.3 Å². The predicted molar refractivity (Wildman–Crippen MR) is 72.1 cm³/mol. The highest BCUT2D eigenvalue weighted by Gasteiger charge is 2.10. The van der Waals surface area contributed by atoms with Crippen molar-refractivity contribution in [2.24, 2.45) is 0 Å². The zero-order chi connectivity index (χ0) is 13.4. The molecule has 0 spiro atoms. The lowest BCUT2D eigenvalue weighted by Gasteiger charge is -2.05. The number of imidazole rings is 2. The molecule has 0 bridgehead atoms. The normalized spacial score (nSPS) is 11.1. The summed E-state index contributed by atoms with van der Waals surface area (Å²) in [6.07, 6.45) is 1.56. The quantitative estimate of drug-likeness (QED) is 0.636. The van der Waals surface area contributed by atoms with Crippen molar-refractivity contribution in [3.05, 3.63) is 28.8 Å². The van der Waals surface area contributed by atoms with Crippen molar-refractivity contribution >= 4 is 28.6 Å². The van der Waals surface area contributed by atoms with Gasteiger partial charge in [0.05, 0.1) is 18.6 Å². The first-order chi connectivity index (χ1) is 9.13. The molecule has 3 aromatic heterocycles. The van der Waals surface area contributed by atoms with Crippen LogP contribution in [0, 0.1) is 13.8 Å². The third-order valence-electron chi connectivity index (χ3n) is 2.79. The number of rotatable bonds is 3. The highest BCUT2D eigenvalue weighted by Crippen LogP contribution is 2.19. The van der Waals surface area contributed by atoms with Gasteiger partial charge in [0.25, 0.3) is 0 Å². The highest BCUT2D eigenvalue weighted by molar-refractivity contribution is 6.28. The van der Waals surface area contributed by atoms with Crippen LogP contribution in [0.1, 0.15) is 17.2 Å². The van der Waals surface area contributed by atoms with E-state index in [0.29, 0.717) is 18.0 Å². The number of nitrogens with zero attached hydrogens (tertiary/aromatic N) is 4. The average Bonchev–Trinajstić information content (AvgIpc) is 2.92. The predicted octanol–water partition coefficient (Wildman–Crippen LogP) is 1.96. The molecule has 0 saturated carbocycles. The molecule has 3 rings (SSSR count). The van der Waals surface area contributed by atoms with E-state index in [1.54, 1.807) is 6.33 Å². The van der Waals surface area contributed by atoms with Crippen LogP contribution in [0.3, 0.4) is 0 Å². The van der Waals surface area contributed by atoms with Gasteiger partial charge >= 0.3 is 0 Å². The number of halogens is 1. The fourth-order valence-corrected chi connectivity index (χ4v) is 2.10. The molecular formula is C11H12ClN7. The molecule has 19 heavy (non-hydrogen) atoms. The van der Waals surface area contributed by atoms with E-state index >= 15 is 0 Å².